The van der Waals surface area contributed by atoms with Gasteiger partial charge >= 0.3 is 0 Å². The van der Waals surface area contributed by atoms with Crippen molar-refractivity contribution in [3.05, 3.63) is 35.4 Å². The zero-order valence-corrected chi connectivity index (χ0v) is 11.7. The third kappa shape index (κ3) is 2.49. The smallest absolute Gasteiger partial charge is 0.194 e. The number of carbonyl (C=O) groups excluding carboxylic acids is 1. The molecule has 0 radical (unpaired) electrons. The van der Waals surface area contributed by atoms with Gasteiger partial charge in [-0.1, -0.05) is 45.0 Å². The van der Waals surface area contributed by atoms with E-state index >= 15 is 0 Å². The average Bonchev–Trinajstić information content (AvgIpc) is 2.75. The monoisotopic (exact) mass is 246 g/mol. The summed E-state index contributed by atoms with van der Waals surface area (Å²) in [6, 6.07) is 7.95. The summed E-state index contributed by atoms with van der Waals surface area (Å²) in [5.41, 5.74) is 1.52. The minimum atomic E-state index is -0.608. The van der Waals surface area contributed by atoms with Crippen LogP contribution in [0.4, 0.5) is 0 Å². The van der Waals surface area contributed by atoms with Gasteiger partial charge in [0.25, 0.3) is 0 Å². The van der Waals surface area contributed by atoms with Crippen molar-refractivity contribution in [2.75, 3.05) is 6.61 Å². The molecule has 1 heterocycles. The molecule has 0 aliphatic carbocycles. The molecule has 1 aliphatic rings. The van der Waals surface area contributed by atoms with Gasteiger partial charge in [0, 0.05) is 12.2 Å². The number of hydrogen-bond acceptors (Lipinski definition) is 2. The summed E-state index contributed by atoms with van der Waals surface area (Å²) in [5.74, 6) is 0.112. The van der Waals surface area contributed by atoms with Crippen LogP contribution in [0.5, 0.6) is 0 Å². The number of Topliss-reactive ketones (excluding diaryl/α,β-unsaturated/α-hetero) is 1. The van der Waals surface area contributed by atoms with Crippen molar-refractivity contribution < 1.29 is 9.53 Å². The first-order valence-electron chi connectivity index (χ1n) is 6.62. The zero-order valence-electron chi connectivity index (χ0n) is 11.7. The number of ether oxygens (including phenoxy) is 1. The van der Waals surface area contributed by atoms with Crippen molar-refractivity contribution in [3.63, 3.8) is 0 Å². The number of ketones is 1. The Morgan fingerprint density at radius 2 is 1.83 bits per heavy atom. The molecule has 1 saturated heterocycles. The molecule has 0 spiro atoms. The fourth-order valence-corrected chi connectivity index (χ4v) is 2.39. The summed E-state index contributed by atoms with van der Waals surface area (Å²) in [5, 5.41) is 0. The molecular formula is C16H22O2. The maximum Gasteiger partial charge on any atom is 0.194 e. The quantitative estimate of drug-likeness (QED) is 0.743. The molecule has 0 saturated carbocycles. The van der Waals surface area contributed by atoms with Crippen LogP contribution in [0.1, 0.15) is 56.5 Å². The first-order valence-corrected chi connectivity index (χ1v) is 6.62. The van der Waals surface area contributed by atoms with Crippen LogP contribution in [0.2, 0.25) is 0 Å². The lowest BCUT2D eigenvalue weighted by atomic mass is 9.85. The Balaban J connectivity index is 2.22. The van der Waals surface area contributed by atoms with E-state index in [1.807, 2.05) is 31.2 Å². The van der Waals surface area contributed by atoms with Gasteiger partial charge in [0.1, 0.15) is 5.60 Å². The molecule has 18 heavy (non-hydrogen) atoms. The molecule has 0 N–H and O–H groups in total. The van der Waals surface area contributed by atoms with Gasteiger partial charge in [-0.2, -0.15) is 0 Å². The van der Waals surface area contributed by atoms with Gasteiger partial charge in [0.05, 0.1) is 0 Å². The van der Waals surface area contributed by atoms with Crippen LogP contribution in [0, 0.1) is 0 Å². The van der Waals surface area contributed by atoms with Crippen LogP contribution in [0.25, 0.3) is 0 Å². The van der Waals surface area contributed by atoms with Crippen LogP contribution >= 0.6 is 0 Å². The maximum absolute atomic E-state index is 12.4. The Morgan fingerprint density at radius 3 is 2.28 bits per heavy atom. The van der Waals surface area contributed by atoms with Gasteiger partial charge in [-0.25, -0.2) is 0 Å². The largest absolute Gasteiger partial charge is 0.367 e. The van der Waals surface area contributed by atoms with Gasteiger partial charge in [-0.3, -0.25) is 4.79 Å². The van der Waals surface area contributed by atoms with E-state index in [-0.39, 0.29) is 11.2 Å². The molecule has 0 bridgehead atoms. The normalized spacial score (nSPS) is 24.2. The van der Waals surface area contributed by atoms with Gasteiger partial charge in [-0.15, -0.1) is 0 Å². The molecule has 0 aromatic heterocycles. The van der Waals surface area contributed by atoms with Crippen LogP contribution < -0.4 is 0 Å². The summed E-state index contributed by atoms with van der Waals surface area (Å²) >= 11 is 0. The van der Waals surface area contributed by atoms with E-state index in [1.165, 1.54) is 5.56 Å². The highest BCUT2D eigenvalue weighted by Gasteiger charge is 2.38. The van der Waals surface area contributed by atoms with Crippen LogP contribution in [-0.2, 0) is 10.2 Å². The standard InChI is InChI=1S/C16H22O2/c1-15(2,3)13-8-6-12(7-9-13)14(17)16(4)10-5-11-18-16/h6-9H,5,10-11H2,1-4H3. The Labute approximate surface area is 109 Å². The SMILES string of the molecule is CC1(C(=O)c2ccc(C(C)(C)C)cc2)CCCO1. The van der Waals surface area contributed by atoms with E-state index in [4.69, 9.17) is 4.74 Å². The molecule has 2 rings (SSSR count). The van der Waals surface area contributed by atoms with Crippen molar-refractivity contribution in [1.29, 1.82) is 0 Å². The van der Waals surface area contributed by atoms with Gasteiger partial charge in [-0.05, 0) is 30.7 Å². The summed E-state index contributed by atoms with van der Waals surface area (Å²) in [6.07, 6.45) is 1.80. The van der Waals surface area contributed by atoms with Crippen molar-refractivity contribution >= 4 is 5.78 Å². The number of carbonyl (C=O) groups is 1. The second kappa shape index (κ2) is 4.51. The summed E-state index contributed by atoms with van der Waals surface area (Å²) in [7, 11) is 0. The highest BCUT2D eigenvalue weighted by molar-refractivity contribution is 6.02. The van der Waals surface area contributed by atoms with E-state index < -0.39 is 5.60 Å². The highest BCUT2D eigenvalue weighted by Crippen LogP contribution is 2.30. The van der Waals surface area contributed by atoms with Gasteiger partial charge < -0.3 is 4.74 Å². The molecule has 1 fully saturated rings. The van der Waals surface area contributed by atoms with Crippen LogP contribution in [0.3, 0.4) is 0 Å². The predicted octanol–water partition coefficient (Wildman–Crippen LogP) is 3.74. The summed E-state index contributed by atoms with van der Waals surface area (Å²) < 4.78 is 5.60. The lowest BCUT2D eigenvalue weighted by Gasteiger charge is -2.23. The number of hydrogen-bond donors (Lipinski definition) is 0. The van der Waals surface area contributed by atoms with Crippen molar-refractivity contribution in [2.24, 2.45) is 0 Å². The summed E-state index contributed by atoms with van der Waals surface area (Å²) in [6.45, 7) is 9.12. The van der Waals surface area contributed by atoms with E-state index in [2.05, 4.69) is 20.8 Å². The first-order chi connectivity index (χ1) is 8.33. The first kappa shape index (κ1) is 13.3. The Morgan fingerprint density at radius 1 is 1.22 bits per heavy atom. The average molecular weight is 246 g/mol. The van der Waals surface area contributed by atoms with Crippen molar-refractivity contribution in [3.8, 4) is 0 Å². The second-order valence-corrected chi connectivity index (χ2v) is 6.34. The van der Waals surface area contributed by atoms with Crippen molar-refractivity contribution in [2.45, 2.75) is 51.6 Å². The lowest BCUT2D eigenvalue weighted by molar-refractivity contribution is 0.0213. The Kier molecular flexibility index (Phi) is 3.33. The highest BCUT2D eigenvalue weighted by atomic mass is 16.5. The molecule has 98 valence electrons. The predicted molar refractivity (Wildman–Crippen MR) is 73.1 cm³/mol. The topological polar surface area (TPSA) is 26.3 Å². The van der Waals surface area contributed by atoms with E-state index in [0.29, 0.717) is 6.61 Å². The minimum Gasteiger partial charge on any atom is -0.367 e. The van der Waals surface area contributed by atoms with Crippen LogP contribution in [0.15, 0.2) is 24.3 Å². The summed E-state index contributed by atoms with van der Waals surface area (Å²) in [4.78, 5) is 12.4. The fraction of sp³-hybridized carbons (Fsp3) is 0.562. The van der Waals surface area contributed by atoms with Crippen molar-refractivity contribution in [1.82, 2.24) is 0 Å². The fourth-order valence-electron chi connectivity index (χ4n) is 2.39. The molecular weight excluding hydrogens is 224 g/mol. The Hall–Kier alpha value is -1.15. The second-order valence-electron chi connectivity index (χ2n) is 6.34. The molecule has 1 aromatic rings. The lowest BCUT2D eigenvalue weighted by Crippen LogP contribution is -2.34. The third-order valence-electron chi connectivity index (χ3n) is 3.71. The number of benzene rings is 1. The molecule has 1 atom stereocenters. The molecule has 1 unspecified atom stereocenters. The van der Waals surface area contributed by atoms with Gasteiger partial charge in [0.15, 0.2) is 5.78 Å². The Bertz CT molecular complexity index is 431. The van der Waals surface area contributed by atoms with E-state index in [1.54, 1.807) is 0 Å². The van der Waals surface area contributed by atoms with E-state index in [0.717, 1.165) is 18.4 Å². The minimum absolute atomic E-state index is 0.112. The van der Waals surface area contributed by atoms with Crippen LogP contribution in [-0.4, -0.2) is 18.0 Å². The molecule has 2 nitrogen and oxygen atoms in total. The maximum atomic E-state index is 12.4. The van der Waals surface area contributed by atoms with E-state index in [9.17, 15) is 4.79 Å². The molecule has 1 aromatic carbocycles. The zero-order chi connectivity index (χ0) is 13.4. The molecule has 0 amide bonds. The molecule has 2 heteroatoms. The molecule has 1 aliphatic heterocycles. The number of rotatable bonds is 2. The van der Waals surface area contributed by atoms with Gasteiger partial charge in [0.2, 0.25) is 0 Å². The third-order valence-corrected chi connectivity index (χ3v) is 3.71.